The summed E-state index contributed by atoms with van der Waals surface area (Å²) in [6.45, 7) is 2.66. The van der Waals surface area contributed by atoms with Crippen LogP contribution in [-0.4, -0.2) is 48.7 Å². The molecule has 2 aliphatic heterocycles. The molecule has 1 saturated carbocycles. The molecule has 3 atom stereocenters. The molecule has 0 bridgehead atoms. The maximum absolute atomic E-state index is 12.5. The van der Waals surface area contributed by atoms with Crippen molar-refractivity contribution in [3.63, 3.8) is 0 Å². The molecule has 3 rings (SSSR count). The highest BCUT2D eigenvalue weighted by Crippen LogP contribution is 2.29. The molecular weight excluding hydrogens is 252 g/mol. The van der Waals surface area contributed by atoms with Crippen LogP contribution in [0.2, 0.25) is 0 Å². The summed E-state index contributed by atoms with van der Waals surface area (Å²) in [5.41, 5.74) is 0. The van der Waals surface area contributed by atoms with Crippen molar-refractivity contribution in [3.8, 4) is 0 Å². The van der Waals surface area contributed by atoms with Gasteiger partial charge in [-0.05, 0) is 38.6 Å². The van der Waals surface area contributed by atoms with Crippen LogP contribution in [0.15, 0.2) is 0 Å². The van der Waals surface area contributed by atoms with Crippen LogP contribution in [0.25, 0.3) is 0 Å². The van der Waals surface area contributed by atoms with Crippen LogP contribution >= 0.6 is 0 Å². The summed E-state index contributed by atoms with van der Waals surface area (Å²) < 4.78 is 5.85. The first kappa shape index (κ1) is 14.3. The maximum atomic E-state index is 12.5. The molecule has 1 aliphatic carbocycles. The SMILES string of the molecule is O=C(CCC1CCCCN1)N1CCOC2CCCCC21. The van der Waals surface area contributed by atoms with Gasteiger partial charge in [-0.25, -0.2) is 0 Å². The van der Waals surface area contributed by atoms with E-state index in [1.165, 1.54) is 32.1 Å². The fourth-order valence-electron chi connectivity index (χ4n) is 4.02. The molecule has 1 N–H and O–H groups in total. The average Bonchev–Trinajstić information content (AvgIpc) is 2.53. The van der Waals surface area contributed by atoms with E-state index in [0.29, 0.717) is 30.5 Å². The van der Waals surface area contributed by atoms with E-state index in [2.05, 4.69) is 10.2 Å². The van der Waals surface area contributed by atoms with Crippen LogP contribution in [0.5, 0.6) is 0 Å². The Morgan fingerprint density at radius 1 is 1.15 bits per heavy atom. The van der Waals surface area contributed by atoms with Gasteiger partial charge < -0.3 is 15.0 Å². The van der Waals surface area contributed by atoms with E-state index in [1.54, 1.807) is 0 Å². The molecule has 4 nitrogen and oxygen atoms in total. The molecule has 2 heterocycles. The predicted octanol–water partition coefficient (Wildman–Crippen LogP) is 2.08. The predicted molar refractivity (Wildman–Crippen MR) is 78.6 cm³/mol. The second kappa shape index (κ2) is 6.90. The molecule has 2 saturated heterocycles. The summed E-state index contributed by atoms with van der Waals surface area (Å²) in [5.74, 6) is 0.359. The van der Waals surface area contributed by atoms with Crippen molar-refractivity contribution in [2.24, 2.45) is 0 Å². The van der Waals surface area contributed by atoms with Crippen LogP contribution in [0.4, 0.5) is 0 Å². The van der Waals surface area contributed by atoms with Gasteiger partial charge in [-0.2, -0.15) is 0 Å². The third kappa shape index (κ3) is 3.34. The normalized spacial score (nSPS) is 34.6. The number of nitrogens with one attached hydrogen (secondary N) is 1. The smallest absolute Gasteiger partial charge is 0.223 e. The number of hydrogen-bond donors (Lipinski definition) is 1. The lowest BCUT2D eigenvalue weighted by Crippen LogP contribution is -2.55. The van der Waals surface area contributed by atoms with Gasteiger partial charge in [0.05, 0.1) is 18.8 Å². The van der Waals surface area contributed by atoms with E-state index in [0.717, 1.165) is 39.0 Å². The lowest BCUT2D eigenvalue weighted by Gasteiger charge is -2.44. The van der Waals surface area contributed by atoms with E-state index in [4.69, 9.17) is 4.74 Å². The van der Waals surface area contributed by atoms with E-state index < -0.39 is 0 Å². The molecule has 114 valence electrons. The molecule has 0 radical (unpaired) electrons. The summed E-state index contributed by atoms with van der Waals surface area (Å²) in [6, 6.07) is 0.931. The van der Waals surface area contributed by atoms with Crippen molar-refractivity contribution in [1.82, 2.24) is 10.2 Å². The fraction of sp³-hybridized carbons (Fsp3) is 0.938. The molecule has 1 amide bonds. The van der Waals surface area contributed by atoms with Crippen molar-refractivity contribution in [3.05, 3.63) is 0 Å². The number of carbonyl (C=O) groups excluding carboxylic acids is 1. The fourth-order valence-corrected chi connectivity index (χ4v) is 4.02. The molecule has 4 heteroatoms. The number of rotatable bonds is 3. The Morgan fingerprint density at radius 2 is 2.00 bits per heavy atom. The zero-order valence-corrected chi connectivity index (χ0v) is 12.5. The van der Waals surface area contributed by atoms with E-state index in [9.17, 15) is 4.79 Å². The van der Waals surface area contributed by atoms with Crippen LogP contribution < -0.4 is 5.32 Å². The van der Waals surface area contributed by atoms with Gasteiger partial charge in [-0.1, -0.05) is 19.3 Å². The minimum atomic E-state index is 0.314. The highest BCUT2D eigenvalue weighted by molar-refractivity contribution is 5.76. The molecular formula is C16H28N2O2. The second-order valence-corrected chi connectivity index (χ2v) is 6.53. The minimum Gasteiger partial charge on any atom is -0.374 e. The van der Waals surface area contributed by atoms with Gasteiger partial charge in [0.25, 0.3) is 0 Å². The number of nitrogens with zero attached hydrogens (tertiary/aromatic N) is 1. The summed E-state index contributed by atoms with van der Waals surface area (Å²) in [7, 11) is 0. The molecule has 0 aromatic rings. The van der Waals surface area contributed by atoms with Crippen molar-refractivity contribution in [1.29, 1.82) is 0 Å². The number of amides is 1. The molecule has 20 heavy (non-hydrogen) atoms. The third-order valence-corrected chi connectivity index (χ3v) is 5.17. The Morgan fingerprint density at radius 3 is 2.85 bits per heavy atom. The number of carbonyl (C=O) groups is 1. The summed E-state index contributed by atoms with van der Waals surface area (Å²) in [5, 5.41) is 3.54. The number of fused-ring (bicyclic) bond motifs is 1. The van der Waals surface area contributed by atoms with Gasteiger partial charge in [0, 0.05) is 19.0 Å². The Hall–Kier alpha value is -0.610. The Bertz CT molecular complexity index is 326. The van der Waals surface area contributed by atoms with Gasteiger partial charge >= 0.3 is 0 Å². The van der Waals surface area contributed by atoms with Gasteiger partial charge in [-0.15, -0.1) is 0 Å². The molecule has 0 aromatic carbocycles. The lowest BCUT2D eigenvalue weighted by molar-refractivity contribution is -0.149. The maximum Gasteiger partial charge on any atom is 0.223 e. The zero-order chi connectivity index (χ0) is 13.8. The van der Waals surface area contributed by atoms with Crippen LogP contribution in [0.3, 0.4) is 0 Å². The largest absolute Gasteiger partial charge is 0.374 e. The zero-order valence-electron chi connectivity index (χ0n) is 12.5. The minimum absolute atomic E-state index is 0.314. The quantitative estimate of drug-likeness (QED) is 0.860. The first-order valence-electron chi connectivity index (χ1n) is 8.49. The van der Waals surface area contributed by atoms with Crippen molar-refractivity contribution in [2.75, 3.05) is 19.7 Å². The van der Waals surface area contributed by atoms with Crippen molar-refractivity contribution < 1.29 is 9.53 Å². The van der Waals surface area contributed by atoms with Crippen LogP contribution in [0.1, 0.15) is 57.8 Å². The molecule has 3 fully saturated rings. The second-order valence-electron chi connectivity index (χ2n) is 6.53. The number of morpholine rings is 1. The number of piperidine rings is 1. The number of hydrogen-bond acceptors (Lipinski definition) is 3. The van der Waals surface area contributed by atoms with Gasteiger partial charge in [0.2, 0.25) is 5.91 Å². The van der Waals surface area contributed by atoms with Crippen molar-refractivity contribution in [2.45, 2.75) is 76.0 Å². The van der Waals surface area contributed by atoms with E-state index in [1.807, 2.05) is 0 Å². The van der Waals surface area contributed by atoms with Gasteiger partial charge in [0.1, 0.15) is 0 Å². The highest BCUT2D eigenvalue weighted by Gasteiger charge is 2.36. The van der Waals surface area contributed by atoms with Gasteiger partial charge in [0.15, 0.2) is 0 Å². The van der Waals surface area contributed by atoms with Gasteiger partial charge in [-0.3, -0.25) is 4.79 Å². The molecule has 3 aliphatic rings. The van der Waals surface area contributed by atoms with Crippen LogP contribution in [0, 0.1) is 0 Å². The van der Waals surface area contributed by atoms with E-state index >= 15 is 0 Å². The Kier molecular flexibility index (Phi) is 4.94. The first-order valence-corrected chi connectivity index (χ1v) is 8.49. The average molecular weight is 280 g/mol. The van der Waals surface area contributed by atoms with E-state index in [-0.39, 0.29) is 0 Å². The highest BCUT2D eigenvalue weighted by atomic mass is 16.5. The number of ether oxygens (including phenoxy) is 1. The Labute approximate surface area is 122 Å². The first-order chi connectivity index (χ1) is 9.84. The summed E-state index contributed by atoms with van der Waals surface area (Å²) in [6.07, 6.45) is 10.7. The molecule has 0 spiro atoms. The summed E-state index contributed by atoms with van der Waals surface area (Å²) in [4.78, 5) is 14.7. The lowest BCUT2D eigenvalue weighted by atomic mass is 9.89. The monoisotopic (exact) mass is 280 g/mol. The topological polar surface area (TPSA) is 41.6 Å². The van der Waals surface area contributed by atoms with Crippen molar-refractivity contribution >= 4 is 5.91 Å². The standard InChI is InChI=1S/C16H28N2O2/c19-16(9-8-13-5-3-4-10-17-13)18-11-12-20-15-7-2-1-6-14(15)18/h13-15,17H,1-12H2. The van der Waals surface area contributed by atoms with Crippen LogP contribution in [-0.2, 0) is 9.53 Å². The summed E-state index contributed by atoms with van der Waals surface area (Å²) >= 11 is 0. The Balaban J connectivity index is 1.50. The molecule has 0 aromatic heterocycles. The third-order valence-electron chi connectivity index (χ3n) is 5.17. The molecule has 3 unspecified atom stereocenters.